The van der Waals surface area contributed by atoms with Gasteiger partial charge in [-0.1, -0.05) is 0 Å². The Morgan fingerprint density at radius 3 is 2.79 bits per heavy atom. The van der Waals surface area contributed by atoms with E-state index < -0.39 is 0 Å². The Balaban J connectivity index is 2.47. The molecule has 78 valence electrons. The third kappa shape index (κ3) is 3.22. The summed E-state index contributed by atoms with van der Waals surface area (Å²) in [6.07, 6.45) is 1.63. The molecule has 4 heteroatoms. The number of nitrogens with zero attached hydrogens (tertiary/aromatic N) is 2. The highest BCUT2D eigenvalue weighted by Crippen LogP contribution is 2.14. The summed E-state index contributed by atoms with van der Waals surface area (Å²) in [6.45, 7) is 3.46. The molecule has 0 aliphatic carbocycles. The van der Waals surface area contributed by atoms with Crippen LogP contribution in [0.1, 0.15) is 5.56 Å². The molecule has 0 saturated heterocycles. The molecular weight excluding hydrogens is 178 g/mol. The van der Waals surface area contributed by atoms with Crippen LogP contribution < -0.4 is 10.5 Å². The minimum atomic E-state index is 0.638. The van der Waals surface area contributed by atoms with Crippen molar-refractivity contribution in [1.82, 2.24) is 9.88 Å². The summed E-state index contributed by atoms with van der Waals surface area (Å²) >= 11 is 0. The first-order valence-corrected chi connectivity index (χ1v) is 4.59. The molecule has 0 unspecified atom stereocenters. The Labute approximate surface area is 84.7 Å². The standard InChI is InChI=1S/C10H17N3O/c1-8-6-10(12-7-9(8)11)14-5-4-13(2)3/h6-7H,4-5,11H2,1-3H3. The van der Waals surface area contributed by atoms with Crippen molar-refractivity contribution in [2.75, 3.05) is 33.0 Å². The lowest BCUT2D eigenvalue weighted by molar-refractivity contribution is 0.254. The number of likely N-dealkylation sites (N-methyl/N-ethyl adjacent to an activating group) is 1. The van der Waals surface area contributed by atoms with Crippen LogP contribution in [0, 0.1) is 6.92 Å². The van der Waals surface area contributed by atoms with Crippen molar-refractivity contribution in [1.29, 1.82) is 0 Å². The van der Waals surface area contributed by atoms with Gasteiger partial charge in [0.05, 0.1) is 11.9 Å². The number of nitrogen functional groups attached to an aromatic ring is 1. The number of hydrogen-bond donors (Lipinski definition) is 1. The van der Waals surface area contributed by atoms with Crippen molar-refractivity contribution in [2.45, 2.75) is 6.92 Å². The number of hydrogen-bond acceptors (Lipinski definition) is 4. The topological polar surface area (TPSA) is 51.4 Å². The molecule has 14 heavy (non-hydrogen) atoms. The number of pyridine rings is 1. The average molecular weight is 195 g/mol. The monoisotopic (exact) mass is 195 g/mol. The maximum absolute atomic E-state index is 5.64. The van der Waals surface area contributed by atoms with E-state index in [4.69, 9.17) is 10.5 Å². The fraction of sp³-hybridized carbons (Fsp3) is 0.500. The van der Waals surface area contributed by atoms with Crippen molar-refractivity contribution < 1.29 is 4.74 Å². The summed E-state index contributed by atoms with van der Waals surface area (Å²) in [5, 5.41) is 0. The summed E-state index contributed by atoms with van der Waals surface area (Å²) in [5.41, 5.74) is 7.34. The third-order valence-electron chi connectivity index (χ3n) is 1.91. The average Bonchev–Trinajstić information content (AvgIpc) is 2.10. The highest BCUT2D eigenvalue weighted by Gasteiger charge is 1.99. The van der Waals surface area contributed by atoms with Gasteiger partial charge >= 0.3 is 0 Å². The molecule has 0 bridgehead atoms. The van der Waals surface area contributed by atoms with Crippen LogP contribution in [-0.4, -0.2) is 37.1 Å². The van der Waals surface area contributed by atoms with Gasteiger partial charge in [0, 0.05) is 12.6 Å². The third-order valence-corrected chi connectivity index (χ3v) is 1.91. The fourth-order valence-corrected chi connectivity index (χ4v) is 0.953. The van der Waals surface area contributed by atoms with E-state index in [2.05, 4.69) is 9.88 Å². The normalized spacial score (nSPS) is 10.6. The van der Waals surface area contributed by atoms with Crippen molar-refractivity contribution in [3.63, 3.8) is 0 Å². The highest BCUT2D eigenvalue weighted by molar-refractivity contribution is 5.45. The smallest absolute Gasteiger partial charge is 0.213 e. The summed E-state index contributed by atoms with van der Waals surface area (Å²) in [7, 11) is 4.01. The number of aromatic nitrogens is 1. The largest absolute Gasteiger partial charge is 0.476 e. The molecule has 0 aromatic carbocycles. The number of nitrogens with two attached hydrogens (primary N) is 1. The molecule has 0 amide bonds. The van der Waals surface area contributed by atoms with E-state index in [1.807, 2.05) is 27.1 Å². The minimum absolute atomic E-state index is 0.638. The number of ether oxygens (including phenoxy) is 1. The first-order valence-electron chi connectivity index (χ1n) is 4.59. The predicted octanol–water partition coefficient (Wildman–Crippen LogP) is 0.913. The first kappa shape index (κ1) is 10.8. The molecular formula is C10H17N3O. The molecule has 1 heterocycles. The summed E-state index contributed by atoms with van der Waals surface area (Å²) in [4.78, 5) is 6.13. The summed E-state index contributed by atoms with van der Waals surface area (Å²) in [6, 6.07) is 1.85. The Bertz CT molecular complexity index is 299. The zero-order valence-electron chi connectivity index (χ0n) is 8.95. The molecule has 1 rings (SSSR count). The van der Waals surface area contributed by atoms with E-state index in [-0.39, 0.29) is 0 Å². The predicted molar refractivity (Wildman–Crippen MR) is 57.4 cm³/mol. The van der Waals surface area contributed by atoms with Crippen molar-refractivity contribution in [2.24, 2.45) is 0 Å². The van der Waals surface area contributed by atoms with Crippen LogP contribution in [-0.2, 0) is 0 Å². The Hall–Kier alpha value is -1.29. The van der Waals surface area contributed by atoms with Crippen molar-refractivity contribution in [3.05, 3.63) is 17.8 Å². The van der Waals surface area contributed by atoms with E-state index >= 15 is 0 Å². The number of aryl methyl sites for hydroxylation is 1. The second-order valence-corrected chi connectivity index (χ2v) is 3.53. The van der Waals surface area contributed by atoms with Gasteiger partial charge in [0.2, 0.25) is 5.88 Å². The molecule has 1 aromatic rings. The summed E-state index contributed by atoms with van der Waals surface area (Å²) in [5.74, 6) is 0.638. The van der Waals surface area contributed by atoms with Gasteiger partial charge in [-0.3, -0.25) is 0 Å². The van der Waals surface area contributed by atoms with Gasteiger partial charge in [-0.2, -0.15) is 0 Å². The molecule has 2 N–H and O–H groups in total. The van der Waals surface area contributed by atoms with Gasteiger partial charge in [0.25, 0.3) is 0 Å². The van der Waals surface area contributed by atoms with Gasteiger partial charge in [-0.15, -0.1) is 0 Å². The summed E-state index contributed by atoms with van der Waals surface area (Å²) < 4.78 is 5.44. The van der Waals surface area contributed by atoms with E-state index in [1.165, 1.54) is 0 Å². The molecule has 0 aliphatic rings. The van der Waals surface area contributed by atoms with Gasteiger partial charge in [-0.25, -0.2) is 4.98 Å². The maximum Gasteiger partial charge on any atom is 0.213 e. The van der Waals surface area contributed by atoms with Crippen LogP contribution in [0.3, 0.4) is 0 Å². The molecule has 0 atom stereocenters. The first-order chi connectivity index (χ1) is 6.59. The lowest BCUT2D eigenvalue weighted by Gasteiger charge is -2.10. The van der Waals surface area contributed by atoms with Crippen LogP contribution >= 0.6 is 0 Å². The van der Waals surface area contributed by atoms with E-state index in [1.54, 1.807) is 6.20 Å². The maximum atomic E-state index is 5.64. The van der Waals surface area contributed by atoms with Gasteiger partial charge in [-0.05, 0) is 26.6 Å². The van der Waals surface area contributed by atoms with Gasteiger partial charge in [0.1, 0.15) is 6.61 Å². The van der Waals surface area contributed by atoms with Crippen LogP contribution in [0.25, 0.3) is 0 Å². The zero-order valence-corrected chi connectivity index (χ0v) is 8.95. The molecule has 0 fully saturated rings. The van der Waals surface area contributed by atoms with E-state index in [0.717, 1.165) is 12.1 Å². The number of anilines is 1. The molecule has 1 aromatic heterocycles. The van der Waals surface area contributed by atoms with Crippen LogP contribution in [0.5, 0.6) is 5.88 Å². The molecule has 0 radical (unpaired) electrons. The molecule has 0 aliphatic heterocycles. The lowest BCUT2D eigenvalue weighted by atomic mass is 10.2. The highest BCUT2D eigenvalue weighted by atomic mass is 16.5. The Morgan fingerprint density at radius 2 is 2.21 bits per heavy atom. The fourth-order valence-electron chi connectivity index (χ4n) is 0.953. The molecule has 0 spiro atoms. The van der Waals surface area contributed by atoms with Gasteiger partial charge in [0.15, 0.2) is 0 Å². The van der Waals surface area contributed by atoms with Crippen LogP contribution in [0.15, 0.2) is 12.3 Å². The second kappa shape index (κ2) is 4.81. The van der Waals surface area contributed by atoms with Crippen molar-refractivity contribution in [3.8, 4) is 5.88 Å². The lowest BCUT2D eigenvalue weighted by Crippen LogP contribution is -2.19. The van der Waals surface area contributed by atoms with Gasteiger partial charge < -0.3 is 15.4 Å². The second-order valence-electron chi connectivity index (χ2n) is 3.53. The SMILES string of the molecule is Cc1cc(OCCN(C)C)ncc1N. The van der Waals surface area contributed by atoms with E-state index in [9.17, 15) is 0 Å². The van der Waals surface area contributed by atoms with Crippen molar-refractivity contribution >= 4 is 5.69 Å². The van der Waals surface area contributed by atoms with E-state index in [0.29, 0.717) is 18.2 Å². The zero-order chi connectivity index (χ0) is 10.6. The molecule has 4 nitrogen and oxygen atoms in total. The van der Waals surface area contributed by atoms with Crippen LogP contribution in [0.4, 0.5) is 5.69 Å². The Kier molecular flexibility index (Phi) is 3.71. The van der Waals surface area contributed by atoms with Crippen LogP contribution in [0.2, 0.25) is 0 Å². The minimum Gasteiger partial charge on any atom is -0.476 e. The quantitative estimate of drug-likeness (QED) is 0.776. The number of rotatable bonds is 4. The molecule has 0 saturated carbocycles. The Morgan fingerprint density at radius 1 is 1.50 bits per heavy atom.